The fourth-order valence-corrected chi connectivity index (χ4v) is 2.69. The molecule has 0 saturated carbocycles. The van der Waals surface area contributed by atoms with Crippen LogP contribution in [0.15, 0.2) is 24.3 Å². The number of aryl methyl sites for hydroxylation is 1. The van der Waals surface area contributed by atoms with Gasteiger partial charge in [0.2, 0.25) is 0 Å². The zero-order valence-electron chi connectivity index (χ0n) is 9.93. The summed E-state index contributed by atoms with van der Waals surface area (Å²) in [6.45, 7) is 2.16. The molecule has 0 spiro atoms. The van der Waals surface area contributed by atoms with Gasteiger partial charge in [-0.2, -0.15) is 0 Å². The number of rotatable bonds is 4. The molecule has 0 aliphatic carbocycles. The lowest BCUT2D eigenvalue weighted by Gasteiger charge is -2.04. The predicted octanol–water partition coefficient (Wildman–Crippen LogP) is 2.66. The molecule has 3 nitrogen and oxygen atoms in total. The van der Waals surface area contributed by atoms with Gasteiger partial charge < -0.3 is 9.84 Å². The third-order valence-corrected chi connectivity index (χ3v) is 3.63. The number of benzene rings is 1. The molecule has 2 rings (SSSR count). The topological polar surface area (TPSA) is 42.4 Å². The smallest absolute Gasteiger partial charge is 0.129 e. The Morgan fingerprint density at radius 1 is 1.35 bits per heavy atom. The van der Waals surface area contributed by atoms with E-state index in [1.165, 1.54) is 0 Å². The summed E-state index contributed by atoms with van der Waals surface area (Å²) in [5.41, 5.74) is 1.98. The van der Waals surface area contributed by atoms with E-state index in [9.17, 15) is 0 Å². The average Bonchev–Trinajstić information content (AvgIpc) is 2.71. The quantitative estimate of drug-likeness (QED) is 0.905. The van der Waals surface area contributed by atoms with E-state index in [0.717, 1.165) is 26.9 Å². The number of aliphatic hydroxyl groups excluding tert-OH is 1. The number of para-hydroxylation sites is 1. The highest BCUT2D eigenvalue weighted by Gasteiger charge is 2.12. The standard InChI is InChI=1S/C13H15NO2S/c1-9-11(7-8-15)14-13(17-9)10-5-3-4-6-12(10)16-2/h3-6,15H,7-8H2,1-2H3. The first-order valence-electron chi connectivity index (χ1n) is 5.46. The predicted molar refractivity (Wildman–Crippen MR) is 69.6 cm³/mol. The van der Waals surface area contributed by atoms with E-state index in [2.05, 4.69) is 4.98 Å². The van der Waals surface area contributed by atoms with E-state index >= 15 is 0 Å². The van der Waals surface area contributed by atoms with Gasteiger partial charge >= 0.3 is 0 Å². The van der Waals surface area contributed by atoms with Gasteiger partial charge in [-0.05, 0) is 19.1 Å². The largest absolute Gasteiger partial charge is 0.496 e. The van der Waals surface area contributed by atoms with Crippen LogP contribution in [0.5, 0.6) is 5.75 Å². The summed E-state index contributed by atoms with van der Waals surface area (Å²) in [6, 6.07) is 7.84. The highest BCUT2D eigenvalue weighted by atomic mass is 32.1. The van der Waals surface area contributed by atoms with E-state index in [1.54, 1.807) is 18.4 Å². The van der Waals surface area contributed by atoms with Gasteiger partial charge in [0.05, 0.1) is 18.4 Å². The SMILES string of the molecule is COc1ccccc1-c1nc(CCO)c(C)s1. The molecule has 0 aliphatic heterocycles. The highest BCUT2D eigenvalue weighted by Crippen LogP contribution is 2.34. The Kier molecular flexibility index (Phi) is 3.76. The molecular weight excluding hydrogens is 234 g/mol. The van der Waals surface area contributed by atoms with Gasteiger partial charge in [0.15, 0.2) is 0 Å². The summed E-state index contributed by atoms with van der Waals surface area (Å²) in [6.07, 6.45) is 0.609. The van der Waals surface area contributed by atoms with Crippen LogP contribution in [0.2, 0.25) is 0 Å². The van der Waals surface area contributed by atoms with Gasteiger partial charge in [0.25, 0.3) is 0 Å². The van der Waals surface area contributed by atoms with Crippen molar-refractivity contribution in [3.8, 4) is 16.3 Å². The number of aliphatic hydroxyl groups is 1. The summed E-state index contributed by atoms with van der Waals surface area (Å²) >= 11 is 1.63. The van der Waals surface area contributed by atoms with E-state index in [1.807, 2.05) is 31.2 Å². The van der Waals surface area contributed by atoms with Crippen molar-refractivity contribution in [2.75, 3.05) is 13.7 Å². The minimum Gasteiger partial charge on any atom is -0.496 e. The van der Waals surface area contributed by atoms with Crippen molar-refractivity contribution < 1.29 is 9.84 Å². The molecule has 0 saturated heterocycles. The molecule has 0 fully saturated rings. The van der Waals surface area contributed by atoms with Crippen molar-refractivity contribution in [2.45, 2.75) is 13.3 Å². The molecule has 0 aliphatic rings. The van der Waals surface area contributed by atoms with Gasteiger partial charge in [-0.3, -0.25) is 0 Å². The van der Waals surface area contributed by atoms with Gasteiger partial charge in [0.1, 0.15) is 10.8 Å². The van der Waals surface area contributed by atoms with Crippen LogP contribution in [0, 0.1) is 6.92 Å². The van der Waals surface area contributed by atoms with Gasteiger partial charge in [0, 0.05) is 17.9 Å². The molecule has 17 heavy (non-hydrogen) atoms. The first-order valence-corrected chi connectivity index (χ1v) is 6.28. The van der Waals surface area contributed by atoms with Crippen LogP contribution in [0.4, 0.5) is 0 Å². The van der Waals surface area contributed by atoms with E-state index in [-0.39, 0.29) is 6.61 Å². The lowest BCUT2D eigenvalue weighted by Crippen LogP contribution is -1.93. The number of hydrogen-bond acceptors (Lipinski definition) is 4. The first-order chi connectivity index (χ1) is 8.26. The van der Waals surface area contributed by atoms with Crippen molar-refractivity contribution in [2.24, 2.45) is 0 Å². The van der Waals surface area contributed by atoms with Gasteiger partial charge in [-0.15, -0.1) is 11.3 Å². The second kappa shape index (κ2) is 5.29. The molecule has 90 valence electrons. The molecule has 1 heterocycles. The van der Waals surface area contributed by atoms with Gasteiger partial charge in [-0.1, -0.05) is 12.1 Å². The zero-order valence-corrected chi connectivity index (χ0v) is 10.8. The fourth-order valence-electron chi connectivity index (χ4n) is 1.70. The number of ether oxygens (including phenoxy) is 1. The third-order valence-electron chi connectivity index (χ3n) is 2.58. The second-order valence-electron chi connectivity index (χ2n) is 3.70. The molecule has 0 atom stereocenters. The summed E-state index contributed by atoms with van der Waals surface area (Å²) in [4.78, 5) is 5.71. The van der Waals surface area contributed by atoms with Crippen LogP contribution < -0.4 is 4.74 Å². The average molecular weight is 249 g/mol. The zero-order chi connectivity index (χ0) is 12.3. The van der Waals surface area contributed by atoms with Crippen molar-refractivity contribution in [3.63, 3.8) is 0 Å². The number of methoxy groups -OCH3 is 1. The number of nitrogens with zero attached hydrogens (tertiary/aromatic N) is 1. The van der Waals surface area contributed by atoms with E-state index in [4.69, 9.17) is 9.84 Å². The first kappa shape index (κ1) is 12.1. The van der Waals surface area contributed by atoms with Crippen molar-refractivity contribution >= 4 is 11.3 Å². The Labute approximate surface area is 105 Å². The minimum absolute atomic E-state index is 0.135. The maximum atomic E-state index is 8.96. The minimum atomic E-state index is 0.135. The highest BCUT2D eigenvalue weighted by molar-refractivity contribution is 7.15. The number of thiazole rings is 1. The molecule has 2 aromatic rings. The number of aromatic nitrogens is 1. The van der Waals surface area contributed by atoms with E-state index in [0.29, 0.717) is 6.42 Å². The monoisotopic (exact) mass is 249 g/mol. The molecule has 0 unspecified atom stereocenters. The summed E-state index contributed by atoms with van der Waals surface area (Å²) in [7, 11) is 1.66. The van der Waals surface area contributed by atoms with Crippen LogP contribution in [0.25, 0.3) is 10.6 Å². The van der Waals surface area contributed by atoms with Crippen molar-refractivity contribution in [1.29, 1.82) is 0 Å². The summed E-state index contributed by atoms with van der Waals surface area (Å²) in [5.74, 6) is 0.830. The summed E-state index contributed by atoms with van der Waals surface area (Å²) in [5, 5.41) is 9.91. The normalized spacial score (nSPS) is 10.5. The molecule has 0 bridgehead atoms. The Morgan fingerprint density at radius 3 is 2.82 bits per heavy atom. The second-order valence-corrected chi connectivity index (χ2v) is 4.90. The summed E-state index contributed by atoms with van der Waals surface area (Å²) < 4.78 is 5.33. The lowest BCUT2D eigenvalue weighted by atomic mass is 10.2. The maximum absolute atomic E-state index is 8.96. The molecule has 4 heteroatoms. The Bertz CT molecular complexity index is 508. The third kappa shape index (κ3) is 2.48. The Hall–Kier alpha value is -1.39. The maximum Gasteiger partial charge on any atom is 0.129 e. The van der Waals surface area contributed by atoms with Gasteiger partial charge in [-0.25, -0.2) is 4.98 Å². The van der Waals surface area contributed by atoms with Crippen LogP contribution in [-0.2, 0) is 6.42 Å². The fraction of sp³-hybridized carbons (Fsp3) is 0.308. The molecular formula is C13H15NO2S. The van der Waals surface area contributed by atoms with Crippen LogP contribution in [0.3, 0.4) is 0 Å². The molecule has 1 aromatic heterocycles. The molecule has 0 amide bonds. The Balaban J connectivity index is 2.42. The molecule has 0 radical (unpaired) electrons. The van der Waals surface area contributed by atoms with Crippen LogP contribution >= 0.6 is 11.3 Å². The number of hydrogen-bond donors (Lipinski definition) is 1. The van der Waals surface area contributed by atoms with E-state index < -0.39 is 0 Å². The molecule has 1 N–H and O–H groups in total. The molecule has 1 aromatic carbocycles. The van der Waals surface area contributed by atoms with Crippen molar-refractivity contribution in [3.05, 3.63) is 34.8 Å². The van der Waals surface area contributed by atoms with Crippen molar-refractivity contribution in [1.82, 2.24) is 4.98 Å². The van der Waals surface area contributed by atoms with Crippen LogP contribution in [0.1, 0.15) is 10.6 Å². The lowest BCUT2D eigenvalue weighted by molar-refractivity contribution is 0.298. The van der Waals surface area contributed by atoms with Crippen LogP contribution in [-0.4, -0.2) is 23.8 Å². The Morgan fingerprint density at radius 2 is 2.12 bits per heavy atom.